The number of esters is 1. The predicted molar refractivity (Wildman–Crippen MR) is 98.9 cm³/mol. The van der Waals surface area contributed by atoms with Gasteiger partial charge in [0.25, 0.3) is 5.91 Å². The van der Waals surface area contributed by atoms with Crippen LogP contribution in [0.3, 0.4) is 0 Å². The van der Waals surface area contributed by atoms with E-state index in [-0.39, 0.29) is 18.5 Å². The summed E-state index contributed by atoms with van der Waals surface area (Å²) in [7, 11) is 0. The van der Waals surface area contributed by atoms with Crippen molar-refractivity contribution >= 4 is 11.9 Å². The molecule has 0 unspecified atom stereocenters. The highest BCUT2D eigenvalue weighted by molar-refractivity contribution is 5.80. The Morgan fingerprint density at radius 1 is 1.19 bits per heavy atom. The highest BCUT2D eigenvalue weighted by Crippen LogP contribution is 2.49. The summed E-state index contributed by atoms with van der Waals surface area (Å²) in [6, 6.07) is 5.99. The van der Waals surface area contributed by atoms with E-state index >= 15 is 0 Å². The molecule has 2 fully saturated rings. The van der Waals surface area contributed by atoms with Crippen molar-refractivity contribution in [3.8, 4) is 5.75 Å². The van der Waals surface area contributed by atoms with Gasteiger partial charge in [-0.05, 0) is 62.5 Å². The fourth-order valence-corrected chi connectivity index (χ4v) is 4.41. The standard InChI is InChI=1S/C21H29NO4/c1-14-3-6-19(15(2)9-14)25-8-7-22-20(23)13-26-21(24)12-18-11-16-4-5-17(18)10-16/h3,6,9,16-18H,4-5,7-8,10-13H2,1-2H3,(H,22,23)/t16-,17-,18-/m1/s1. The molecule has 5 nitrogen and oxygen atoms in total. The van der Waals surface area contributed by atoms with E-state index in [1.807, 2.05) is 26.0 Å². The average Bonchev–Trinajstić information content (AvgIpc) is 3.21. The van der Waals surface area contributed by atoms with Gasteiger partial charge in [-0.1, -0.05) is 24.1 Å². The topological polar surface area (TPSA) is 64.6 Å². The van der Waals surface area contributed by atoms with Gasteiger partial charge in [-0.2, -0.15) is 0 Å². The monoisotopic (exact) mass is 359 g/mol. The summed E-state index contributed by atoms with van der Waals surface area (Å²) >= 11 is 0. The highest BCUT2D eigenvalue weighted by Gasteiger charge is 2.40. The molecule has 1 aromatic carbocycles. The van der Waals surface area contributed by atoms with E-state index in [4.69, 9.17) is 9.47 Å². The van der Waals surface area contributed by atoms with E-state index in [1.54, 1.807) is 0 Å². The number of nitrogens with one attached hydrogen (secondary N) is 1. The Bertz CT molecular complexity index is 657. The molecule has 0 heterocycles. The number of hydrogen-bond acceptors (Lipinski definition) is 4. The maximum absolute atomic E-state index is 11.9. The minimum absolute atomic E-state index is 0.205. The second kappa shape index (κ2) is 8.56. The van der Waals surface area contributed by atoms with Gasteiger partial charge >= 0.3 is 5.97 Å². The van der Waals surface area contributed by atoms with Crippen LogP contribution in [0.2, 0.25) is 0 Å². The molecule has 2 aliphatic rings. The smallest absolute Gasteiger partial charge is 0.306 e. The molecule has 1 amide bonds. The van der Waals surface area contributed by atoms with Crippen LogP contribution in [0.25, 0.3) is 0 Å². The van der Waals surface area contributed by atoms with Crippen molar-refractivity contribution in [1.82, 2.24) is 5.32 Å². The maximum atomic E-state index is 11.9. The lowest BCUT2D eigenvalue weighted by atomic mass is 9.86. The van der Waals surface area contributed by atoms with Crippen LogP contribution in [-0.4, -0.2) is 31.6 Å². The second-order valence-electron chi connectivity index (χ2n) is 7.77. The van der Waals surface area contributed by atoms with E-state index in [2.05, 4.69) is 11.4 Å². The molecule has 3 rings (SSSR count). The Morgan fingerprint density at radius 2 is 2.04 bits per heavy atom. The molecule has 1 aromatic rings. The fraction of sp³-hybridized carbons (Fsp3) is 0.619. The fourth-order valence-electron chi connectivity index (χ4n) is 4.41. The molecule has 2 bridgehead atoms. The number of carbonyl (C=O) groups is 2. The van der Waals surface area contributed by atoms with Gasteiger partial charge in [-0.3, -0.25) is 9.59 Å². The van der Waals surface area contributed by atoms with Crippen LogP contribution < -0.4 is 10.1 Å². The SMILES string of the molecule is Cc1ccc(OCCNC(=O)COC(=O)C[C@H]2C[C@@H]3CC[C@@H]2C3)c(C)c1. The molecule has 2 saturated carbocycles. The van der Waals surface area contributed by atoms with Crippen LogP contribution in [0.5, 0.6) is 5.75 Å². The Hall–Kier alpha value is -2.04. The zero-order chi connectivity index (χ0) is 18.5. The molecule has 1 N–H and O–H groups in total. The second-order valence-corrected chi connectivity index (χ2v) is 7.77. The third-order valence-corrected chi connectivity index (χ3v) is 5.69. The van der Waals surface area contributed by atoms with Crippen molar-refractivity contribution in [1.29, 1.82) is 0 Å². The molecule has 142 valence electrons. The molecule has 0 saturated heterocycles. The number of fused-ring (bicyclic) bond motifs is 2. The number of carbonyl (C=O) groups excluding carboxylic acids is 2. The Labute approximate surface area is 155 Å². The first-order chi connectivity index (χ1) is 12.5. The van der Waals surface area contributed by atoms with Crippen molar-refractivity contribution < 1.29 is 19.1 Å². The van der Waals surface area contributed by atoms with Gasteiger partial charge in [0, 0.05) is 6.42 Å². The van der Waals surface area contributed by atoms with Crippen LogP contribution in [-0.2, 0) is 14.3 Å². The zero-order valence-corrected chi connectivity index (χ0v) is 15.8. The van der Waals surface area contributed by atoms with Crippen molar-refractivity contribution in [3.63, 3.8) is 0 Å². The first-order valence-electron chi connectivity index (χ1n) is 9.63. The van der Waals surface area contributed by atoms with Crippen molar-refractivity contribution in [2.45, 2.75) is 46.0 Å². The van der Waals surface area contributed by atoms with Gasteiger partial charge in [0.15, 0.2) is 6.61 Å². The lowest BCUT2D eigenvalue weighted by Gasteiger charge is -2.20. The minimum atomic E-state index is -0.282. The average molecular weight is 359 g/mol. The van der Waals surface area contributed by atoms with E-state index in [0.717, 1.165) is 23.7 Å². The van der Waals surface area contributed by atoms with Gasteiger partial charge in [-0.25, -0.2) is 0 Å². The summed E-state index contributed by atoms with van der Waals surface area (Å²) < 4.78 is 10.8. The Kier molecular flexibility index (Phi) is 6.17. The molecule has 26 heavy (non-hydrogen) atoms. The van der Waals surface area contributed by atoms with Crippen LogP contribution in [0.1, 0.15) is 43.2 Å². The van der Waals surface area contributed by atoms with Gasteiger partial charge in [0.05, 0.1) is 6.54 Å². The Balaban J connectivity index is 1.27. The van der Waals surface area contributed by atoms with Crippen LogP contribution in [0, 0.1) is 31.6 Å². The van der Waals surface area contributed by atoms with Crippen LogP contribution >= 0.6 is 0 Å². The summed E-state index contributed by atoms with van der Waals surface area (Å²) in [6.07, 6.45) is 5.47. The predicted octanol–water partition coefficient (Wildman–Crippen LogP) is 3.17. The first-order valence-corrected chi connectivity index (χ1v) is 9.63. The van der Waals surface area contributed by atoms with Crippen molar-refractivity contribution in [3.05, 3.63) is 29.3 Å². The highest BCUT2D eigenvalue weighted by atomic mass is 16.5. The lowest BCUT2D eigenvalue weighted by molar-refractivity contribution is -0.149. The number of ether oxygens (including phenoxy) is 2. The minimum Gasteiger partial charge on any atom is -0.491 e. The molecule has 0 aliphatic heterocycles. The number of benzene rings is 1. The van der Waals surface area contributed by atoms with Crippen LogP contribution in [0.4, 0.5) is 0 Å². The molecule has 2 aliphatic carbocycles. The molecule has 5 heteroatoms. The number of hydrogen-bond donors (Lipinski definition) is 1. The maximum Gasteiger partial charge on any atom is 0.306 e. The van der Waals surface area contributed by atoms with E-state index in [1.165, 1.54) is 24.8 Å². The van der Waals surface area contributed by atoms with E-state index < -0.39 is 0 Å². The zero-order valence-electron chi connectivity index (χ0n) is 15.8. The third kappa shape index (κ3) is 4.99. The summed E-state index contributed by atoms with van der Waals surface area (Å²) in [4.78, 5) is 23.7. The quantitative estimate of drug-likeness (QED) is 0.572. The summed E-state index contributed by atoms with van der Waals surface area (Å²) in [5, 5.41) is 2.72. The molecular formula is C21H29NO4. The van der Waals surface area contributed by atoms with Crippen molar-refractivity contribution in [2.75, 3.05) is 19.8 Å². The molecule has 3 atom stereocenters. The lowest BCUT2D eigenvalue weighted by Crippen LogP contribution is -2.32. The largest absolute Gasteiger partial charge is 0.491 e. The first kappa shape index (κ1) is 18.7. The summed E-state index contributed by atoms with van der Waals surface area (Å²) in [5.74, 6) is 2.28. The van der Waals surface area contributed by atoms with Gasteiger partial charge in [0.1, 0.15) is 12.4 Å². The van der Waals surface area contributed by atoms with Gasteiger partial charge < -0.3 is 14.8 Å². The summed E-state index contributed by atoms with van der Waals surface area (Å²) in [5.41, 5.74) is 2.27. The molecule has 0 aromatic heterocycles. The van der Waals surface area contributed by atoms with E-state index in [9.17, 15) is 9.59 Å². The van der Waals surface area contributed by atoms with E-state index in [0.29, 0.717) is 31.4 Å². The summed E-state index contributed by atoms with van der Waals surface area (Å²) in [6.45, 7) is 4.60. The third-order valence-electron chi connectivity index (χ3n) is 5.69. The van der Waals surface area contributed by atoms with Gasteiger partial charge in [0.2, 0.25) is 0 Å². The number of rotatable bonds is 8. The van der Waals surface area contributed by atoms with Crippen molar-refractivity contribution in [2.24, 2.45) is 17.8 Å². The molecule has 0 radical (unpaired) electrons. The number of aryl methyl sites for hydroxylation is 2. The molecule has 0 spiro atoms. The normalized spacial score (nSPS) is 23.7. The molecular weight excluding hydrogens is 330 g/mol. The number of amides is 1. The van der Waals surface area contributed by atoms with Gasteiger partial charge in [-0.15, -0.1) is 0 Å². The van der Waals surface area contributed by atoms with Crippen LogP contribution in [0.15, 0.2) is 18.2 Å². The Morgan fingerprint density at radius 3 is 2.73 bits per heavy atom.